The van der Waals surface area contributed by atoms with Crippen LogP contribution in [0, 0.1) is 11.3 Å². The number of amides is 3. The number of carbonyl (C=O) groups is 2. The second-order valence-corrected chi connectivity index (χ2v) is 6.33. The first-order valence-electron chi connectivity index (χ1n) is 8.14. The first kappa shape index (κ1) is 20.2. The van der Waals surface area contributed by atoms with Gasteiger partial charge < -0.3 is 15.7 Å². The van der Waals surface area contributed by atoms with Crippen molar-refractivity contribution in [1.82, 2.24) is 5.32 Å². The van der Waals surface area contributed by atoms with E-state index in [1.165, 1.54) is 0 Å². The molecule has 3 rings (SSSR count). The molecule has 0 bridgehead atoms. The van der Waals surface area contributed by atoms with E-state index in [0.29, 0.717) is 23.6 Å². The number of nitrogens with two attached hydrogens (primary N) is 1. The molecule has 0 spiro atoms. The molecule has 2 aromatic carbocycles. The van der Waals surface area contributed by atoms with Gasteiger partial charge in [0.2, 0.25) is 6.41 Å². The minimum atomic E-state index is -0.829. The van der Waals surface area contributed by atoms with Crippen LogP contribution in [0.25, 0.3) is 0 Å². The van der Waals surface area contributed by atoms with Gasteiger partial charge in [-0.15, -0.1) is 0 Å². The maximum Gasteiger partial charge on any atom is 0.318 e. The summed E-state index contributed by atoms with van der Waals surface area (Å²) in [7, 11) is 0. The number of nitrogens with one attached hydrogen (secondary N) is 1. The number of hydrogen-bond acceptors (Lipinski definition) is 5. The number of nitrogens with zero attached hydrogens (tertiary/aromatic N) is 2. The minimum Gasteiger partial charge on any atom is -0.391 e. The molecule has 4 N–H and O–H groups in total. The molecule has 1 saturated heterocycles. The Labute approximate surface area is 162 Å². The first-order chi connectivity index (χ1) is 12.9. The largest absolute Gasteiger partial charge is 0.391 e. The molecule has 1 aliphatic heterocycles. The van der Waals surface area contributed by atoms with Crippen LogP contribution in [0.3, 0.4) is 0 Å². The second-order valence-electron chi connectivity index (χ2n) is 5.89. The fourth-order valence-electron chi connectivity index (χ4n) is 2.89. The summed E-state index contributed by atoms with van der Waals surface area (Å²) < 4.78 is 0. The Morgan fingerprint density at radius 3 is 2.37 bits per heavy atom. The standard InChI is InChI=1S/C17H15ClN2O.C2H4N2O2/c18-14-5-7-15(8-6-14)20-11-16(21)9-17(20)13-3-1-12(10-19)2-4-13;3-2(6)4-1-5/h1-8,16-17,21H,9,11H2;1H,(H3,3,4,5,6)/t16-,17-;/m1./s1. The maximum atomic E-state index is 10.0. The van der Waals surface area contributed by atoms with Crippen LogP contribution in [-0.4, -0.2) is 30.2 Å². The third-order valence-electron chi connectivity index (χ3n) is 4.06. The second kappa shape index (κ2) is 9.57. The lowest BCUT2D eigenvalue weighted by Gasteiger charge is -2.27. The lowest BCUT2D eigenvalue weighted by atomic mass is 10.0. The van der Waals surface area contributed by atoms with Gasteiger partial charge in [0.1, 0.15) is 0 Å². The number of benzene rings is 2. The molecule has 2 atom stereocenters. The van der Waals surface area contributed by atoms with E-state index in [-0.39, 0.29) is 18.6 Å². The number of anilines is 1. The fourth-order valence-corrected chi connectivity index (χ4v) is 3.01. The van der Waals surface area contributed by atoms with Crippen molar-refractivity contribution in [3.05, 3.63) is 64.7 Å². The normalized spacial score (nSPS) is 18.0. The zero-order valence-corrected chi connectivity index (χ0v) is 15.1. The molecular formula is C19H19ClN4O3. The zero-order chi connectivity index (χ0) is 19.8. The highest BCUT2D eigenvalue weighted by atomic mass is 35.5. The van der Waals surface area contributed by atoms with Gasteiger partial charge in [-0.25, -0.2) is 4.79 Å². The Balaban J connectivity index is 0.000000380. The molecule has 0 radical (unpaired) electrons. The number of hydrogen-bond donors (Lipinski definition) is 3. The summed E-state index contributed by atoms with van der Waals surface area (Å²) in [5, 5.41) is 21.3. The molecule has 1 aliphatic rings. The van der Waals surface area contributed by atoms with E-state index < -0.39 is 6.03 Å². The molecule has 0 saturated carbocycles. The summed E-state index contributed by atoms with van der Waals surface area (Å²) in [6, 6.07) is 16.6. The number of rotatable bonds is 3. The lowest BCUT2D eigenvalue weighted by molar-refractivity contribution is -0.108. The van der Waals surface area contributed by atoms with E-state index in [0.717, 1.165) is 11.3 Å². The zero-order valence-electron chi connectivity index (χ0n) is 14.4. The van der Waals surface area contributed by atoms with E-state index in [1.807, 2.05) is 48.5 Å². The minimum absolute atomic E-state index is 0.119. The van der Waals surface area contributed by atoms with Crippen LogP contribution in [0.1, 0.15) is 23.6 Å². The molecular weight excluding hydrogens is 368 g/mol. The Hall–Kier alpha value is -3.08. The lowest BCUT2D eigenvalue weighted by Crippen LogP contribution is -2.27. The summed E-state index contributed by atoms with van der Waals surface area (Å²) in [6.45, 7) is 0.603. The molecule has 3 amide bonds. The van der Waals surface area contributed by atoms with Crippen LogP contribution in [0.15, 0.2) is 48.5 Å². The highest BCUT2D eigenvalue weighted by Crippen LogP contribution is 2.36. The van der Waals surface area contributed by atoms with Crippen molar-refractivity contribution in [2.24, 2.45) is 5.73 Å². The molecule has 0 aromatic heterocycles. The van der Waals surface area contributed by atoms with Gasteiger partial charge >= 0.3 is 6.03 Å². The third-order valence-corrected chi connectivity index (χ3v) is 4.31. The summed E-state index contributed by atoms with van der Waals surface area (Å²) in [5.41, 5.74) is 7.23. The van der Waals surface area contributed by atoms with Gasteiger partial charge in [-0.2, -0.15) is 5.26 Å². The summed E-state index contributed by atoms with van der Waals surface area (Å²) >= 11 is 5.94. The van der Waals surface area contributed by atoms with Gasteiger partial charge in [-0.3, -0.25) is 10.1 Å². The molecule has 140 valence electrons. The Morgan fingerprint density at radius 1 is 1.26 bits per heavy atom. The topological polar surface area (TPSA) is 119 Å². The van der Waals surface area contributed by atoms with Gasteiger partial charge in [-0.1, -0.05) is 23.7 Å². The Kier molecular flexibility index (Phi) is 7.17. The quantitative estimate of drug-likeness (QED) is 0.699. The number of aliphatic hydroxyl groups is 1. The number of primary amides is 1. The highest BCUT2D eigenvalue weighted by molar-refractivity contribution is 6.30. The number of carbonyl (C=O) groups excluding carboxylic acids is 2. The summed E-state index contributed by atoms with van der Waals surface area (Å²) in [5.74, 6) is 0. The highest BCUT2D eigenvalue weighted by Gasteiger charge is 2.32. The number of aliphatic hydroxyl groups excluding tert-OH is 1. The van der Waals surface area contributed by atoms with Crippen molar-refractivity contribution < 1.29 is 14.7 Å². The number of halogens is 1. The van der Waals surface area contributed by atoms with Gasteiger partial charge in [-0.05, 0) is 48.4 Å². The van der Waals surface area contributed by atoms with Crippen LogP contribution in [0.2, 0.25) is 5.02 Å². The Morgan fingerprint density at radius 2 is 1.89 bits per heavy atom. The molecule has 0 unspecified atom stereocenters. The molecule has 1 heterocycles. The average molecular weight is 387 g/mol. The van der Waals surface area contributed by atoms with Crippen LogP contribution >= 0.6 is 11.6 Å². The molecule has 1 fully saturated rings. The monoisotopic (exact) mass is 386 g/mol. The summed E-state index contributed by atoms with van der Waals surface area (Å²) in [4.78, 5) is 20.9. The first-order valence-corrected chi connectivity index (χ1v) is 8.52. The van der Waals surface area contributed by atoms with E-state index >= 15 is 0 Å². The van der Waals surface area contributed by atoms with Crippen LogP contribution < -0.4 is 16.0 Å². The van der Waals surface area contributed by atoms with Crippen molar-refractivity contribution >= 4 is 29.7 Å². The molecule has 2 aromatic rings. The fraction of sp³-hybridized carbons (Fsp3) is 0.211. The molecule has 27 heavy (non-hydrogen) atoms. The van der Waals surface area contributed by atoms with E-state index in [1.54, 1.807) is 5.32 Å². The van der Waals surface area contributed by atoms with Crippen molar-refractivity contribution in [2.45, 2.75) is 18.6 Å². The van der Waals surface area contributed by atoms with E-state index in [9.17, 15) is 14.7 Å². The van der Waals surface area contributed by atoms with E-state index in [4.69, 9.17) is 16.9 Å². The SMILES string of the molecule is N#Cc1ccc([C@H]2C[C@@H](O)CN2c2ccc(Cl)cc2)cc1.NC(=O)NC=O. The van der Waals surface area contributed by atoms with E-state index in [2.05, 4.69) is 16.7 Å². The van der Waals surface area contributed by atoms with Crippen LogP contribution in [-0.2, 0) is 4.79 Å². The van der Waals surface area contributed by atoms with Crippen molar-refractivity contribution in [2.75, 3.05) is 11.4 Å². The van der Waals surface area contributed by atoms with Gasteiger partial charge in [0.15, 0.2) is 0 Å². The number of urea groups is 1. The van der Waals surface area contributed by atoms with Gasteiger partial charge in [0.05, 0.1) is 23.8 Å². The predicted octanol–water partition coefficient (Wildman–Crippen LogP) is 2.34. The van der Waals surface area contributed by atoms with Crippen molar-refractivity contribution in [3.63, 3.8) is 0 Å². The average Bonchev–Trinajstić information content (AvgIpc) is 3.04. The van der Waals surface area contributed by atoms with Crippen molar-refractivity contribution in [1.29, 1.82) is 5.26 Å². The molecule has 7 nitrogen and oxygen atoms in total. The predicted molar refractivity (Wildman–Crippen MR) is 102 cm³/mol. The van der Waals surface area contributed by atoms with Crippen molar-refractivity contribution in [3.8, 4) is 6.07 Å². The summed E-state index contributed by atoms with van der Waals surface area (Å²) in [6.07, 6.45) is 0.568. The Bertz CT molecular complexity index is 818. The number of imide groups is 1. The molecule has 8 heteroatoms. The van der Waals surface area contributed by atoms with Gasteiger partial charge in [0, 0.05) is 17.3 Å². The third kappa shape index (κ3) is 5.71. The number of β-amino-alcohol motifs (C(OH)–C–C–N with tert-alkyl or cyclic N) is 1. The smallest absolute Gasteiger partial charge is 0.318 e. The number of nitriles is 1. The maximum absolute atomic E-state index is 10.0. The van der Waals surface area contributed by atoms with Crippen LogP contribution in [0.4, 0.5) is 10.5 Å². The molecule has 0 aliphatic carbocycles. The van der Waals surface area contributed by atoms with Gasteiger partial charge in [0.25, 0.3) is 0 Å². The van der Waals surface area contributed by atoms with Crippen LogP contribution in [0.5, 0.6) is 0 Å².